The molecule has 1 saturated heterocycles. The molecule has 0 bridgehead atoms. The van der Waals surface area contributed by atoms with Gasteiger partial charge in [0.1, 0.15) is 0 Å². The molecular formula is C17H22N4O4. The molecule has 0 spiro atoms. The zero-order valence-corrected chi connectivity index (χ0v) is 14.1. The fourth-order valence-electron chi connectivity index (χ4n) is 3.00. The Kier molecular flexibility index (Phi) is 5.42. The summed E-state index contributed by atoms with van der Waals surface area (Å²) in [5.41, 5.74) is 0.941. The maximum absolute atomic E-state index is 10.9. The number of hydrogen-bond acceptors (Lipinski definition) is 7. The number of carboxylic acid groups (broad SMARTS) is 1. The molecule has 1 aromatic heterocycles. The smallest absolute Gasteiger partial charge is 0.335 e. The molecule has 0 saturated carbocycles. The summed E-state index contributed by atoms with van der Waals surface area (Å²) in [4.78, 5) is 19.8. The highest BCUT2D eigenvalue weighted by atomic mass is 16.5. The Labute approximate surface area is 145 Å². The number of aliphatic hydroxyl groups excluding tert-OH is 1. The van der Waals surface area contributed by atoms with Crippen molar-refractivity contribution in [2.75, 3.05) is 33.3 Å². The van der Waals surface area contributed by atoms with Gasteiger partial charge in [0.15, 0.2) is 0 Å². The van der Waals surface area contributed by atoms with Crippen molar-refractivity contribution < 1.29 is 19.5 Å². The third kappa shape index (κ3) is 4.22. The Morgan fingerprint density at radius 1 is 1.32 bits per heavy atom. The number of aliphatic hydroxyl groups is 1. The highest BCUT2D eigenvalue weighted by Crippen LogP contribution is 2.18. The third-order valence-electron chi connectivity index (χ3n) is 4.54. The van der Waals surface area contributed by atoms with Crippen LogP contribution in [0.5, 0.6) is 0 Å². The van der Waals surface area contributed by atoms with E-state index in [0.717, 1.165) is 31.6 Å². The summed E-state index contributed by atoms with van der Waals surface area (Å²) in [6, 6.07) is 6.71. The topological polar surface area (TPSA) is 103 Å². The number of aromatic carboxylic acids is 1. The lowest BCUT2D eigenvalue weighted by Gasteiger charge is -2.38. The summed E-state index contributed by atoms with van der Waals surface area (Å²) >= 11 is 0. The second kappa shape index (κ2) is 7.73. The number of carboxylic acids is 1. The maximum atomic E-state index is 10.9. The van der Waals surface area contributed by atoms with Gasteiger partial charge in [0.05, 0.1) is 12.1 Å². The van der Waals surface area contributed by atoms with E-state index in [1.54, 1.807) is 12.1 Å². The van der Waals surface area contributed by atoms with E-state index in [1.165, 1.54) is 12.1 Å². The second-order valence-corrected chi connectivity index (χ2v) is 6.28. The lowest BCUT2D eigenvalue weighted by Crippen LogP contribution is -2.51. The van der Waals surface area contributed by atoms with Crippen molar-refractivity contribution in [3.8, 4) is 11.4 Å². The van der Waals surface area contributed by atoms with Gasteiger partial charge in [-0.15, -0.1) is 0 Å². The van der Waals surface area contributed by atoms with Gasteiger partial charge in [-0.25, -0.2) is 4.79 Å². The fourth-order valence-corrected chi connectivity index (χ4v) is 3.00. The SMILES string of the molecule is CN1CCN(Cc2nc(-c3ccc(C(=O)O)cc3)no2)C[C@@H]1CCO. The van der Waals surface area contributed by atoms with Crippen LogP contribution in [0.25, 0.3) is 11.4 Å². The van der Waals surface area contributed by atoms with Crippen molar-refractivity contribution in [2.24, 2.45) is 0 Å². The first-order valence-electron chi connectivity index (χ1n) is 8.26. The predicted octanol–water partition coefficient (Wildman–Crippen LogP) is 0.933. The number of piperazine rings is 1. The molecule has 0 aliphatic carbocycles. The highest BCUT2D eigenvalue weighted by Gasteiger charge is 2.25. The molecular weight excluding hydrogens is 324 g/mol. The molecule has 8 heteroatoms. The standard InChI is InChI=1S/C17H22N4O4/c1-20-7-8-21(10-14(20)6-9-22)11-15-18-16(19-25-15)12-2-4-13(5-3-12)17(23)24/h2-5,14,22H,6-11H2,1H3,(H,23,24)/t14-/m0/s1. The van der Waals surface area contributed by atoms with Crippen LogP contribution < -0.4 is 0 Å². The van der Waals surface area contributed by atoms with Crippen LogP contribution >= 0.6 is 0 Å². The van der Waals surface area contributed by atoms with E-state index in [-0.39, 0.29) is 12.2 Å². The number of rotatable bonds is 6. The van der Waals surface area contributed by atoms with Gasteiger partial charge in [0.25, 0.3) is 0 Å². The Balaban J connectivity index is 1.64. The Morgan fingerprint density at radius 3 is 2.76 bits per heavy atom. The van der Waals surface area contributed by atoms with Crippen LogP contribution in [0.1, 0.15) is 22.7 Å². The van der Waals surface area contributed by atoms with Crippen LogP contribution in [0.2, 0.25) is 0 Å². The molecule has 1 aliphatic heterocycles. The summed E-state index contributed by atoms with van der Waals surface area (Å²) in [5.74, 6) is 0.0189. The van der Waals surface area contributed by atoms with Crippen LogP contribution in [0.15, 0.2) is 28.8 Å². The van der Waals surface area contributed by atoms with Crippen molar-refractivity contribution in [3.05, 3.63) is 35.7 Å². The molecule has 134 valence electrons. The van der Waals surface area contributed by atoms with E-state index in [9.17, 15) is 9.90 Å². The van der Waals surface area contributed by atoms with Crippen molar-refractivity contribution in [1.29, 1.82) is 0 Å². The second-order valence-electron chi connectivity index (χ2n) is 6.28. The molecule has 1 aliphatic rings. The monoisotopic (exact) mass is 346 g/mol. The minimum Gasteiger partial charge on any atom is -0.478 e. The summed E-state index contributed by atoms with van der Waals surface area (Å²) in [5, 5.41) is 22.1. The summed E-state index contributed by atoms with van der Waals surface area (Å²) in [6.45, 7) is 3.43. The number of hydrogen-bond donors (Lipinski definition) is 2. The number of aromatic nitrogens is 2. The van der Waals surface area contributed by atoms with Crippen LogP contribution in [0, 0.1) is 0 Å². The van der Waals surface area contributed by atoms with Gasteiger partial charge in [-0.05, 0) is 25.6 Å². The molecule has 0 unspecified atom stereocenters. The lowest BCUT2D eigenvalue weighted by atomic mass is 10.1. The Bertz CT molecular complexity index is 716. The van der Waals surface area contributed by atoms with Gasteiger partial charge in [0, 0.05) is 37.8 Å². The number of nitrogens with zero attached hydrogens (tertiary/aromatic N) is 4. The predicted molar refractivity (Wildman–Crippen MR) is 90.1 cm³/mol. The lowest BCUT2D eigenvalue weighted by molar-refractivity contribution is 0.0679. The quantitative estimate of drug-likeness (QED) is 0.796. The average Bonchev–Trinajstić information content (AvgIpc) is 3.07. The van der Waals surface area contributed by atoms with E-state index in [1.807, 2.05) is 0 Å². The summed E-state index contributed by atoms with van der Waals surface area (Å²) in [6.07, 6.45) is 0.748. The average molecular weight is 346 g/mol. The summed E-state index contributed by atoms with van der Waals surface area (Å²) < 4.78 is 5.34. The van der Waals surface area contributed by atoms with Crippen LogP contribution in [0.4, 0.5) is 0 Å². The van der Waals surface area contributed by atoms with E-state index in [0.29, 0.717) is 24.3 Å². The van der Waals surface area contributed by atoms with Crippen molar-refractivity contribution in [1.82, 2.24) is 19.9 Å². The van der Waals surface area contributed by atoms with Gasteiger partial charge < -0.3 is 19.6 Å². The van der Waals surface area contributed by atoms with E-state index in [2.05, 4.69) is 27.0 Å². The van der Waals surface area contributed by atoms with Gasteiger partial charge in [-0.1, -0.05) is 17.3 Å². The first kappa shape index (κ1) is 17.5. The molecule has 2 heterocycles. The maximum Gasteiger partial charge on any atom is 0.335 e. The number of benzene rings is 1. The van der Waals surface area contributed by atoms with E-state index >= 15 is 0 Å². The van der Waals surface area contributed by atoms with Gasteiger partial charge in [-0.2, -0.15) is 4.98 Å². The zero-order valence-electron chi connectivity index (χ0n) is 14.1. The van der Waals surface area contributed by atoms with Crippen molar-refractivity contribution in [3.63, 3.8) is 0 Å². The van der Waals surface area contributed by atoms with Crippen LogP contribution in [0.3, 0.4) is 0 Å². The van der Waals surface area contributed by atoms with Gasteiger partial charge >= 0.3 is 5.97 Å². The molecule has 1 aromatic carbocycles. The molecule has 1 fully saturated rings. The molecule has 3 rings (SSSR count). The number of likely N-dealkylation sites (N-methyl/N-ethyl adjacent to an activating group) is 1. The first-order chi connectivity index (χ1) is 12.1. The molecule has 0 amide bonds. The zero-order chi connectivity index (χ0) is 17.8. The Hall–Kier alpha value is -2.29. The first-order valence-corrected chi connectivity index (χ1v) is 8.26. The normalized spacial score (nSPS) is 19.2. The molecule has 1 atom stereocenters. The third-order valence-corrected chi connectivity index (χ3v) is 4.54. The molecule has 8 nitrogen and oxygen atoms in total. The largest absolute Gasteiger partial charge is 0.478 e. The van der Waals surface area contributed by atoms with Gasteiger partial charge in [-0.3, -0.25) is 4.90 Å². The molecule has 2 aromatic rings. The van der Waals surface area contributed by atoms with Crippen LogP contribution in [-0.2, 0) is 6.54 Å². The number of carbonyl (C=O) groups is 1. The molecule has 25 heavy (non-hydrogen) atoms. The van der Waals surface area contributed by atoms with Gasteiger partial charge in [0.2, 0.25) is 11.7 Å². The minimum absolute atomic E-state index is 0.180. The van der Waals surface area contributed by atoms with E-state index in [4.69, 9.17) is 9.63 Å². The fraction of sp³-hybridized carbons (Fsp3) is 0.471. The van der Waals surface area contributed by atoms with Crippen molar-refractivity contribution in [2.45, 2.75) is 19.0 Å². The molecule has 2 N–H and O–H groups in total. The Morgan fingerprint density at radius 2 is 2.08 bits per heavy atom. The minimum atomic E-state index is -0.965. The van der Waals surface area contributed by atoms with Crippen LogP contribution in [-0.4, -0.2) is 75.5 Å². The highest BCUT2D eigenvalue weighted by molar-refractivity contribution is 5.88. The summed E-state index contributed by atoms with van der Waals surface area (Å²) in [7, 11) is 2.07. The van der Waals surface area contributed by atoms with E-state index < -0.39 is 5.97 Å². The molecule has 0 radical (unpaired) electrons. The van der Waals surface area contributed by atoms with Crippen molar-refractivity contribution >= 4 is 5.97 Å².